The molecule has 2 N–H and O–H groups in total. The van der Waals surface area contributed by atoms with Gasteiger partial charge in [-0.3, -0.25) is 18.9 Å². The van der Waals surface area contributed by atoms with E-state index >= 15 is 0 Å². The van der Waals surface area contributed by atoms with Gasteiger partial charge in [0.2, 0.25) is 0 Å². The van der Waals surface area contributed by atoms with E-state index in [0.717, 1.165) is 33.8 Å². The molecule has 206 valence electrons. The number of nitrogens with two attached hydrogens (primary N) is 1. The number of hydrogen-bond donors (Lipinski definition) is 1. The van der Waals surface area contributed by atoms with Crippen LogP contribution in [0.25, 0.3) is 16.8 Å². The van der Waals surface area contributed by atoms with Crippen LogP contribution in [0.15, 0.2) is 115 Å². The number of carbonyl (C=O) groups is 2. The number of hydrogen-bond acceptors (Lipinski definition) is 6. The molecule has 2 aliphatic rings. The van der Waals surface area contributed by atoms with E-state index in [9.17, 15) is 9.59 Å². The molecule has 1 aliphatic carbocycles. The Labute approximate surface area is 242 Å². The average Bonchev–Trinajstić information content (AvgIpc) is 3.54. The number of nitrogens with zero attached hydrogens (tertiary/aromatic N) is 4. The summed E-state index contributed by atoms with van der Waals surface area (Å²) >= 11 is 0. The molecule has 0 spiro atoms. The van der Waals surface area contributed by atoms with Crippen molar-refractivity contribution in [3.05, 3.63) is 138 Å². The Morgan fingerprint density at radius 1 is 0.929 bits per heavy atom. The fourth-order valence-corrected chi connectivity index (χ4v) is 5.62. The lowest BCUT2D eigenvalue weighted by Crippen LogP contribution is -2.31. The zero-order valence-electron chi connectivity index (χ0n) is 22.7. The molecular formula is C34H27N5O3. The van der Waals surface area contributed by atoms with Crippen LogP contribution in [-0.2, 0) is 6.61 Å². The summed E-state index contributed by atoms with van der Waals surface area (Å²) in [7, 11) is 0. The Morgan fingerprint density at radius 3 is 2.48 bits per heavy atom. The number of imide groups is 1. The van der Waals surface area contributed by atoms with Gasteiger partial charge >= 0.3 is 0 Å². The van der Waals surface area contributed by atoms with Gasteiger partial charge in [-0.25, -0.2) is 9.97 Å². The lowest BCUT2D eigenvalue weighted by atomic mass is 9.95. The zero-order chi connectivity index (χ0) is 28.6. The Bertz CT molecular complexity index is 1870. The van der Waals surface area contributed by atoms with E-state index in [0.29, 0.717) is 35.7 Å². The molecule has 0 saturated heterocycles. The van der Waals surface area contributed by atoms with Crippen LogP contribution < -0.4 is 10.5 Å². The second-order valence-electron chi connectivity index (χ2n) is 10.4. The Morgan fingerprint density at radius 2 is 1.69 bits per heavy atom. The topological polar surface area (TPSA) is 103 Å². The second kappa shape index (κ2) is 10.5. The van der Waals surface area contributed by atoms with Crippen molar-refractivity contribution in [3.8, 4) is 17.0 Å². The molecule has 1 aliphatic heterocycles. The van der Waals surface area contributed by atoms with Crippen molar-refractivity contribution in [2.24, 2.45) is 0 Å². The van der Waals surface area contributed by atoms with Crippen molar-refractivity contribution in [1.29, 1.82) is 0 Å². The molecule has 7 rings (SSSR count). The van der Waals surface area contributed by atoms with Crippen LogP contribution in [0.1, 0.15) is 44.4 Å². The van der Waals surface area contributed by atoms with E-state index in [1.807, 2.05) is 71.3 Å². The highest BCUT2D eigenvalue weighted by atomic mass is 16.5. The number of anilines is 1. The van der Waals surface area contributed by atoms with Crippen LogP contribution in [-0.4, -0.2) is 37.6 Å². The van der Waals surface area contributed by atoms with Gasteiger partial charge in [-0.2, -0.15) is 0 Å². The summed E-state index contributed by atoms with van der Waals surface area (Å²) in [5.41, 5.74) is 11.6. The van der Waals surface area contributed by atoms with Crippen molar-refractivity contribution in [3.63, 3.8) is 0 Å². The maximum Gasteiger partial charge on any atom is 0.261 e. The van der Waals surface area contributed by atoms with Gasteiger partial charge in [-0.05, 0) is 41.8 Å². The van der Waals surface area contributed by atoms with Crippen LogP contribution in [0, 0.1) is 0 Å². The fourth-order valence-electron chi connectivity index (χ4n) is 5.62. The number of fused-ring (bicyclic) bond motifs is 2. The quantitative estimate of drug-likeness (QED) is 0.255. The number of aromatic nitrogens is 3. The highest BCUT2D eigenvalue weighted by molar-refractivity contribution is 6.21. The first-order chi connectivity index (χ1) is 20.6. The highest BCUT2D eigenvalue weighted by Gasteiger charge is 2.35. The number of carbonyl (C=O) groups excluding carboxylic acids is 2. The predicted octanol–water partition coefficient (Wildman–Crippen LogP) is 5.82. The van der Waals surface area contributed by atoms with Crippen molar-refractivity contribution < 1.29 is 14.3 Å². The van der Waals surface area contributed by atoms with E-state index in [2.05, 4.69) is 17.1 Å². The minimum atomic E-state index is -0.270. The largest absolute Gasteiger partial charge is 0.489 e. The van der Waals surface area contributed by atoms with Gasteiger partial charge < -0.3 is 10.5 Å². The van der Waals surface area contributed by atoms with Crippen LogP contribution in [0.2, 0.25) is 0 Å². The van der Waals surface area contributed by atoms with Crippen LogP contribution in [0.3, 0.4) is 0 Å². The number of nitrogen functional groups attached to an aromatic ring is 1. The zero-order valence-corrected chi connectivity index (χ0v) is 22.7. The minimum Gasteiger partial charge on any atom is -0.489 e. The number of rotatable bonds is 7. The third kappa shape index (κ3) is 4.53. The van der Waals surface area contributed by atoms with Gasteiger partial charge in [0.15, 0.2) is 0 Å². The molecule has 2 amide bonds. The van der Waals surface area contributed by atoms with Gasteiger partial charge in [0.25, 0.3) is 11.8 Å². The van der Waals surface area contributed by atoms with E-state index in [1.54, 1.807) is 30.5 Å². The number of benzene rings is 3. The first-order valence-electron chi connectivity index (χ1n) is 13.8. The molecule has 3 aromatic carbocycles. The number of imidazole rings is 1. The lowest BCUT2D eigenvalue weighted by molar-refractivity contribution is 0.0669. The Balaban J connectivity index is 1.20. The van der Waals surface area contributed by atoms with Crippen molar-refractivity contribution in [2.75, 3.05) is 12.3 Å². The maximum absolute atomic E-state index is 13.0. The first kappa shape index (κ1) is 25.5. The Kier molecular flexibility index (Phi) is 6.35. The molecular weight excluding hydrogens is 526 g/mol. The Hall–Kier alpha value is -5.50. The summed E-state index contributed by atoms with van der Waals surface area (Å²) in [6, 6.07) is 24.8. The third-order valence-electron chi connectivity index (χ3n) is 7.65. The summed E-state index contributed by atoms with van der Waals surface area (Å²) in [4.78, 5) is 36.7. The molecule has 5 aromatic rings. The smallest absolute Gasteiger partial charge is 0.261 e. The maximum atomic E-state index is 13.0. The van der Waals surface area contributed by atoms with Gasteiger partial charge in [0.05, 0.1) is 17.7 Å². The van der Waals surface area contributed by atoms with E-state index in [1.165, 1.54) is 4.90 Å². The van der Waals surface area contributed by atoms with Crippen LogP contribution >= 0.6 is 0 Å². The van der Waals surface area contributed by atoms with Crippen LogP contribution in [0.4, 0.5) is 5.82 Å². The summed E-state index contributed by atoms with van der Waals surface area (Å²) in [5.74, 6) is 1.27. The monoisotopic (exact) mass is 553 g/mol. The molecule has 42 heavy (non-hydrogen) atoms. The number of allylic oxidation sites excluding steroid dienone is 2. The standard InChI is InChI=1S/C34H27N5O3/c35-31-30-29(24-11-7-13-26(19-24)42-21-22-8-2-1-3-9-22)37-32(38(30)17-16-36-31)25-12-6-10-23(18-25)20-39-33(40)27-14-4-5-15-28(27)34(39)41/h1-11,13-19,25H,12,20-21H2,(H2,35,36). The summed E-state index contributed by atoms with van der Waals surface area (Å²) in [6.45, 7) is 0.651. The second-order valence-corrected chi connectivity index (χ2v) is 10.4. The summed E-state index contributed by atoms with van der Waals surface area (Å²) in [5, 5.41) is 0. The molecule has 0 fully saturated rings. The van der Waals surface area contributed by atoms with Gasteiger partial charge in [-0.15, -0.1) is 0 Å². The summed E-state index contributed by atoms with van der Waals surface area (Å²) in [6.07, 6.45) is 10.4. The molecule has 2 aromatic heterocycles. The highest BCUT2D eigenvalue weighted by Crippen LogP contribution is 2.35. The first-order valence-corrected chi connectivity index (χ1v) is 13.8. The van der Waals surface area contributed by atoms with Gasteiger partial charge in [-0.1, -0.05) is 72.8 Å². The molecule has 1 unspecified atom stereocenters. The third-order valence-corrected chi connectivity index (χ3v) is 7.65. The number of ether oxygens (including phenoxy) is 1. The average molecular weight is 554 g/mol. The summed E-state index contributed by atoms with van der Waals surface area (Å²) < 4.78 is 8.06. The van der Waals surface area contributed by atoms with E-state index < -0.39 is 0 Å². The normalized spacial score (nSPS) is 16.1. The molecule has 0 saturated carbocycles. The minimum absolute atomic E-state index is 0.0965. The fraction of sp³-hybridized carbons (Fsp3) is 0.118. The van der Waals surface area contributed by atoms with Crippen molar-refractivity contribution in [1.82, 2.24) is 19.3 Å². The van der Waals surface area contributed by atoms with Crippen molar-refractivity contribution in [2.45, 2.75) is 18.9 Å². The lowest BCUT2D eigenvalue weighted by Gasteiger charge is -2.20. The van der Waals surface area contributed by atoms with E-state index in [-0.39, 0.29) is 24.3 Å². The van der Waals surface area contributed by atoms with Gasteiger partial charge in [0.1, 0.15) is 35.2 Å². The SMILES string of the molecule is Nc1nccn2c(C3C=C(CN4C(=O)c5ccccc5C4=O)C=CC3)nc(-c3cccc(OCc4ccccc4)c3)c12. The molecule has 0 bridgehead atoms. The number of amides is 2. The molecule has 8 heteroatoms. The van der Waals surface area contributed by atoms with Crippen LogP contribution in [0.5, 0.6) is 5.75 Å². The van der Waals surface area contributed by atoms with Crippen molar-refractivity contribution >= 4 is 23.1 Å². The molecule has 1 atom stereocenters. The van der Waals surface area contributed by atoms with E-state index in [4.69, 9.17) is 15.5 Å². The molecule has 3 heterocycles. The van der Waals surface area contributed by atoms with Gasteiger partial charge in [0, 0.05) is 23.9 Å². The molecule has 0 radical (unpaired) electrons. The molecule has 8 nitrogen and oxygen atoms in total. The predicted molar refractivity (Wildman–Crippen MR) is 160 cm³/mol.